The van der Waals surface area contributed by atoms with E-state index in [1.54, 1.807) is 100 Å². The summed E-state index contributed by atoms with van der Waals surface area (Å²) < 4.78 is 4.99. The molecule has 15 N–H and O–H groups in total. The molecule has 0 aliphatic rings. The largest absolute Gasteiger partial charge is 0.399 e. The van der Waals surface area contributed by atoms with Crippen molar-refractivity contribution in [2.24, 2.45) is 21.1 Å². The number of pyridine rings is 5. The fraction of sp³-hybridized carbons (Fsp3) is 0.0500. The Morgan fingerprint density at radius 2 is 0.796 bits per heavy atom. The number of carbonyl (C=O) groups excluding carboxylic acids is 1. The van der Waals surface area contributed by atoms with E-state index in [1.165, 1.54) is 73.7 Å². The highest BCUT2D eigenvalue weighted by Gasteiger charge is 2.14. The van der Waals surface area contributed by atoms with E-state index in [9.17, 15) is 25.0 Å². The minimum absolute atomic E-state index is 0.00679. The van der Waals surface area contributed by atoms with E-state index in [0.717, 1.165) is 11.4 Å². The monoisotopic (exact) mass is 1640 g/mol. The number of nitro groups is 2. The van der Waals surface area contributed by atoms with Gasteiger partial charge in [0.25, 0.3) is 11.4 Å². The van der Waals surface area contributed by atoms with Crippen LogP contribution in [0.15, 0.2) is 172 Å². The van der Waals surface area contributed by atoms with Gasteiger partial charge in [0, 0.05) is 118 Å². The van der Waals surface area contributed by atoms with Gasteiger partial charge in [-0.05, 0) is 59.1 Å². The van der Waals surface area contributed by atoms with Gasteiger partial charge in [0.15, 0.2) is 28.4 Å². The Morgan fingerprint density at radius 1 is 0.417 bits per heavy atom. The summed E-state index contributed by atoms with van der Waals surface area (Å²) in [5.74, 6) is 3.78. The van der Waals surface area contributed by atoms with Crippen LogP contribution in [-0.4, -0.2) is 120 Å². The quantitative estimate of drug-likeness (QED) is 0.0141. The van der Waals surface area contributed by atoms with Crippen LogP contribution in [0.2, 0.25) is 46.1 Å². The van der Waals surface area contributed by atoms with Crippen molar-refractivity contribution in [1.29, 1.82) is 0 Å². The number of nitrogen functional groups attached to an aromatic ring is 4. The summed E-state index contributed by atoms with van der Waals surface area (Å²) in [6.45, 7) is 3.41. The van der Waals surface area contributed by atoms with Gasteiger partial charge in [0.1, 0.15) is 49.2 Å². The molecule has 1 amide bonds. The van der Waals surface area contributed by atoms with Crippen molar-refractivity contribution in [2.45, 2.75) is 0 Å². The topological polar surface area (TPSA) is 538 Å². The van der Waals surface area contributed by atoms with Gasteiger partial charge in [0.05, 0.1) is 93.6 Å². The number of hydrogen-bond donors (Lipinski definition) is 11. The van der Waals surface area contributed by atoms with Crippen LogP contribution >= 0.6 is 104 Å². The molecule has 0 aliphatic heterocycles. The number of amides is 1. The van der Waals surface area contributed by atoms with Crippen molar-refractivity contribution in [2.75, 3.05) is 60.2 Å². The smallest absolute Gasteiger partial charge is 0.274 e. The van der Waals surface area contributed by atoms with E-state index >= 15 is 0 Å². The number of nitrogens with zero attached hydrogens (tertiary/aromatic N) is 23. The van der Waals surface area contributed by atoms with E-state index in [-0.39, 0.29) is 60.8 Å². The van der Waals surface area contributed by atoms with Crippen LogP contribution in [0, 0.1) is 20.2 Å². The minimum Gasteiger partial charge on any atom is -0.399 e. The first-order valence-corrected chi connectivity index (χ1v) is 32.8. The van der Waals surface area contributed by atoms with Gasteiger partial charge < -0.3 is 60.2 Å². The van der Waals surface area contributed by atoms with Crippen LogP contribution in [-0.2, 0) is 25.9 Å². The average Bonchev–Trinajstić information content (AvgIpc) is 1.33. The minimum atomic E-state index is -0.526. The van der Waals surface area contributed by atoms with Gasteiger partial charge in [-0.1, -0.05) is 76.2 Å². The predicted molar refractivity (Wildman–Crippen MR) is 416 cm³/mol. The number of nitrogens with one attached hydrogen (secondary N) is 7. The lowest BCUT2D eigenvalue weighted by Gasteiger charge is -2.10. The van der Waals surface area contributed by atoms with Gasteiger partial charge in [-0.3, -0.25) is 39.1 Å². The van der Waals surface area contributed by atoms with Crippen LogP contribution in [0.1, 0.15) is 0 Å². The average molecular weight is 1650 g/mol. The third kappa shape index (κ3) is 28.5. The summed E-state index contributed by atoms with van der Waals surface area (Å²) in [5.41, 5.74) is 25.7. The van der Waals surface area contributed by atoms with Crippen LogP contribution < -0.4 is 60.2 Å². The predicted octanol–water partition coefficient (Wildman–Crippen LogP) is 13.5. The highest BCUT2D eigenvalue weighted by molar-refractivity contribution is 6.41. The Hall–Kier alpha value is -12.6. The zero-order valence-corrected chi connectivity index (χ0v) is 62.1. The lowest BCUT2D eigenvalue weighted by molar-refractivity contribution is -0.385. The highest BCUT2D eigenvalue weighted by Crippen LogP contribution is 2.29. The van der Waals surface area contributed by atoms with Crippen molar-refractivity contribution < 1.29 is 14.6 Å². The first kappa shape index (κ1) is 82.7. The van der Waals surface area contributed by atoms with E-state index in [1.807, 2.05) is 27.3 Å². The molecule has 0 atom stereocenters. The molecule has 0 spiro atoms. The SMILES string of the molecule is C=CC(=O)Nc1ccnc(Nc2nc(Nc3cnn(C)c3)ncc2Cl)c1.Clc1ncc(Cl)c(Cl)n1.Cn1cc(N)cn1.Cn1cc(Nc2ncc(Cl)c(Nc3cc(N)ccn3)n2)cn1.Nc1cc([N+](=O)[O-])ccn1.Nc1ccnc(Nc2nc(Cl)ncc2Cl)c1.O=[N+]([O-])c1ccnc(Nc2nc(Cl)ncc2Cl)c1. The molecule has 13 aromatic rings. The fourth-order valence-corrected chi connectivity index (χ4v) is 8.55. The Kier molecular flexibility index (Phi) is 31.5. The van der Waals surface area contributed by atoms with Gasteiger partial charge in [-0.25, -0.2) is 54.8 Å². The van der Waals surface area contributed by atoms with Gasteiger partial charge >= 0.3 is 0 Å². The second-order valence-corrected chi connectivity index (χ2v) is 23.6. The van der Waals surface area contributed by atoms with E-state index in [2.05, 4.69) is 134 Å². The number of carbonyl (C=O) groups is 1. The molecule has 13 rings (SSSR count). The number of nitrogens with two attached hydrogens (primary N) is 4. The second-order valence-electron chi connectivity index (χ2n) is 20.2. The van der Waals surface area contributed by atoms with Crippen molar-refractivity contribution in [3.63, 3.8) is 0 Å². The number of anilines is 17. The third-order valence-electron chi connectivity index (χ3n) is 11.9. The van der Waals surface area contributed by atoms with Crippen molar-refractivity contribution in [3.05, 3.63) is 239 Å². The summed E-state index contributed by atoms with van der Waals surface area (Å²) in [6.07, 6.45) is 25.8. The zero-order valence-electron chi connectivity index (χ0n) is 55.3. The molecule has 48 heteroatoms. The molecule has 0 saturated carbocycles. The van der Waals surface area contributed by atoms with E-state index in [0.29, 0.717) is 89.6 Å². The molecule has 13 heterocycles. The maximum atomic E-state index is 11.4. The van der Waals surface area contributed by atoms with Gasteiger partial charge in [-0.2, -0.15) is 35.2 Å². The molecule has 39 nitrogen and oxygen atoms in total. The van der Waals surface area contributed by atoms with Gasteiger partial charge in [0.2, 0.25) is 33.7 Å². The molecule has 0 aliphatic carbocycles. The fourth-order valence-electron chi connectivity index (χ4n) is 7.33. The zero-order chi connectivity index (χ0) is 78.4. The Bertz CT molecular complexity index is 5200. The molecule has 0 bridgehead atoms. The summed E-state index contributed by atoms with van der Waals surface area (Å²) in [7, 11) is 5.47. The lowest BCUT2D eigenvalue weighted by atomic mass is 10.3. The molecule has 0 fully saturated rings. The third-order valence-corrected chi connectivity index (χ3v) is 14.2. The maximum Gasteiger partial charge on any atom is 0.274 e. The first-order chi connectivity index (χ1) is 51.5. The number of rotatable bonds is 16. The summed E-state index contributed by atoms with van der Waals surface area (Å²) in [6, 6.07) is 15.1. The Morgan fingerprint density at radius 3 is 1.17 bits per heavy atom. The lowest BCUT2D eigenvalue weighted by Crippen LogP contribution is -2.08. The molecule has 108 heavy (non-hydrogen) atoms. The number of aryl methyl sites for hydroxylation is 3. The van der Waals surface area contributed by atoms with Crippen molar-refractivity contribution >= 4 is 220 Å². The molecule has 0 unspecified atom stereocenters. The van der Waals surface area contributed by atoms with Crippen LogP contribution in [0.3, 0.4) is 0 Å². The van der Waals surface area contributed by atoms with E-state index < -0.39 is 9.85 Å². The van der Waals surface area contributed by atoms with Crippen molar-refractivity contribution in [3.8, 4) is 0 Å². The van der Waals surface area contributed by atoms with Crippen molar-refractivity contribution in [1.82, 2.24) is 104 Å². The number of hydrogen-bond acceptors (Lipinski definition) is 33. The normalized spacial score (nSPS) is 10.0. The van der Waals surface area contributed by atoms with E-state index in [4.69, 9.17) is 127 Å². The van der Waals surface area contributed by atoms with Crippen LogP contribution in [0.4, 0.5) is 110 Å². The summed E-state index contributed by atoms with van der Waals surface area (Å²) in [5, 5.41) is 55.0. The maximum absolute atomic E-state index is 11.4. The standard InChI is InChI=1S/C16H15ClN8O.C13H13ClN8.C9H5Cl2N5O2.C9H7Cl2N5.C5H5N3O2.C4HCl3N2.C4H7N3/c1-3-14(26)21-10-4-5-18-13(6-10)23-15-12(17)8-19-16(24-15)22-11-7-20-25(2)9-11;1-22-7-9(5-18-22)19-13-17-6-10(14)12(21-13)20-11-4-8(15)2-3-16-11;10-6-4-13-9(11)15-8(6)14-7-3-5(16(17)18)1-2-12-7;10-6-4-14-9(11)16-8(6)15-7-3-5(12)1-2-13-7;6-5-3-4(8(9)10)1-2-7-5;5-2-1-8-4(7)9-3(2)6;1-7-3-4(5)2-6-7/h3-9H,1H2,2H3,(H3,18,19,21,22,23,24,26);2-7H,1H3,(H4,15,16,17,19,20,21);1-4H,(H,12,13,14,15);1-4H,(H3,12,13,14,15,16);1-3H,(H2,6,7);1H;2-3H,5H2,1H3. The molecule has 0 radical (unpaired) electrons. The number of aromatic nitrogens is 21. The van der Waals surface area contributed by atoms with Crippen LogP contribution in [0.25, 0.3) is 0 Å². The first-order valence-electron chi connectivity index (χ1n) is 29.4. The summed E-state index contributed by atoms with van der Waals surface area (Å²) >= 11 is 51.5. The Labute approximate surface area is 654 Å². The van der Waals surface area contributed by atoms with Crippen LogP contribution in [0.5, 0.6) is 0 Å². The summed E-state index contributed by atoms with van der Waals surface area (Å²) in [4.78, 5) is 90.2. The molecule has 0 aromatic carbocycles. The van der Waals surface area contributed by atoms with Gasteiger partial charge in [-0.15, -0.1) is 0 Å². The molecule has 13 aromatic heterocycles. The molecular formula is C60H53Cl9N34O5. The molecule has 556 valence electrons. The second kappa shape index (κ2) is 41.2. The Balaban J connectivity index is 0.000000182. The highest BCUT2D eigenvalue weighted by atomic mass is 35.5. The number of halogens is 9. The molecule has 0 saturated heterocycles. The molecular weight excluding hydrogens is 1600 g/mol.